The van der Waals surface area contributed by atoms with Gasteiger partial charge in [0.05, 0.1) is 26.5 Å². The Labute approximate surface area is 215 Å². The van der Waals surface area contributed by atoms with E-state index in [4.69, 9.17) is 13.9 Å². The Bertz CT molecular complexity index is 1390. The van der Waals surface area contributed by atoms with Crippen LogP contribution >= 0.6 is 0 Å². The molecule has 4 aromatic rings. The monoisotopic (exact) mass is 496 g/mol. The second kappa shape index (κ2) is 11.8. The van der Waals surface area contributed by atoms with E-state index in [0.29, 0.717) is 22.8 Å². The molecule has 1 heterocycles. The first-order chi connectivity index (χ1) is 18.0. The molecule has 7 heteroatoms. The summed E-state index contributed by atoms with van der Waals surface area (Å²) in [5.74, 6) is 0.361. The van der Waals surface area contributed by atoms with Gasteiger partial charge in [-0.15, -0.1) is 0 Å². The van der Waals surface area contributed by atoms with Gasteiger partial charge in [0, 0.05) is 11.6 Å². The highest BCUT2D eigenvalue weighted by molar-refractivity contribution is 6.05. The molecule has 1 atom stereocenters. The Morgan fingerprint density at radius 2 is 1.59 bits per heavy atom. The fourth-order valence-corrected chi connectivity index (χ4v) is 3.95. The van der Waals surface area contributed by atoms with Gasteiger partial charge in [0.2, 0.25) is 0 Å². The smallest absolute Gasteiger partial charge is 0.268 e. The van der Waals surface area contributed by atoms with Crippen molar-refractivity contribution in [3.8, 4) is 11.5 Å². The van der Waals surface area contributed by atoms with Crippen LogP contribution in [0.1, 0.15) is 38.9 Å². The normalized spacial score (nSPS) is 11.9. The van der Waals surface area contributed by atoms with E-state index in [1.807, 2.05) is 61.5 Å². The first-order valence-electron chi connectivity index (χ1n) is 11.7. The maximum absolute atomic E-state index is 13.6. The van der Waals surface area contributed by atoms with Gasteiger partial charge in [-0.2, -0.15) is 0 Å². The van der Waals surface area contributed by atoms with E-state index in [9.17, 15) is 9.59 Å². The van der Waals surface area contributed by atoms with Gasteiger partial charge >= 0.3 is 0 Å². The third-order valence-electron chi connectivity index (χ3n) is 5.88. The lowest BCUT2D eigenvalue weighted by Gasteiger charge is -2.22. The zero-order chi connectivity index (χ0) is 26.2. The van der Waals surface area contributed by atoms with Crippen molar-refractivity contribution in [2.75, 3.05) is 14.2 Å². The molecule has 4 rings (SSSR count). The van der Waals surface area contributed by atoms with Gasteiger partial charge in [0.15, 0.2) is 11.5 Å². The first-order valence-corrected chi connectivity index (χ1v) is 11.7. The number of carbonyl (C=O) groups excluding carboxylic acids is 2. The minimum atomic E-state index is -0.485. The summed E-state index contributed by atoms with van der Waals surface area (Å²) >= 11 is 0. The molecule has 7 nitrogen and oxygen atoms in total. The fourth-order valence-electron chi connectivity index (χ4n) is 3.95. The van der Waals surface area contributed by atoms with Crippen LogP contribution in [0.25, 0.3) is 6.08 Å². The van der Waals surface area contributed by atoms with Crippen molar-refractivity contribution in [1.82, 2.24) is 10.6 Å². The number of hydrogen-bond donors (Lipinski definition) is 2. The van der Waals surface area contributed by atoms with Crippen LogP contribution in [-0.2, 0) is 4.79 Å². The number of methoxy groups -OCH3 is 2. The molecule has 0 fully saturated rings. The van der Waals surface area contributed by atoms with Gasteiger partial charge in [-0.1, -0.05) is 54.6 Å². The number of rotatable bonds is 9. The predicted molar refractivity (Wildman–Crippen MR) is 141 cm³/mol. The molecule has 2 N–H and O–H groups in total. The highest BCUT2D eigenvalue weighted by Gasteiger charge is 2.23. The molecule has 37 heavy (non-hydrogen) atoms. The van der Waals surface area contributed by atoms with Gasteiger partial charge in [0.1, 0.15) is 11.5 Å². The summed E-state index contributed by atoms with van der Waals surface area (Å²) in [7, 11) is 3.01. The van der Waals surface area contributed by atoms with Crippen molar-refractivity contribution in [2.24, 2.45) is 0 Å². The molecule has 0 bridgehead atoms. The number of furan rings is 1. The lowest BCUT2D eigenvalue weighted by atomic mass is 9.95. The number of benzene rings is 3. The average molecular weight is 497 g/mol. The Balaban J connectivity index is 1.66. The molecule has 0 aliphatic heterocycles. The van der Waals surface area contributed by atoms with Gasteiger partial charge in [-0.25, -0.2) is 0 Å². The second-order valence-corrected chi connectivity index (χ2v) is 8.27. The van der Waals surface area contributed by atoms with E-state index in [-0.39, 0.29) is 5.70 Å². The Hall–Kier alpha value is -4.78. The molecular formula is C30H28N2O5. The van der Waals surface area contributed by atoms with Crippen LogP contribution in [0.15, 0.2) is 101 Å². The van der Waals surface area contributed by atoms with E-state index in [2.05, 4.69) is 10.6 Å². The van der Waals surface area contributed by atoms with Gasteiger partial charge in [0.25, 0.3) is 11.8 Å². The number of amides is 2. The summed E-state index contributed by atoms with van der Waals surface area (Å²) in [4.78, 5) is 26.8. The molecule has 0 aliphatic rings. The topological polar surface area (TPSA) is 89.8 Å². The minimum absolute atomic E-state index is 0.0317. The molecule has 1 aromatic heterocycles. The van der Waals surface area contributed by atoms with Gasteiger partial charge in [-0.05, 0) is 53.9 Å². The number of ether oxygens (including phenoxy) is 2. The number of nitrogens with one attached hydrogen (secondary N) is 2. The largest absolute Gasteiger partial charge is 0.493 e. The van der Waals surface area contributed by atoms with E-state index < -0.39 is 17.9 Å². The maximum Gasteiger partial charge on any atom is 0.268 e. The quantitative estimate of drug-likeness (QED) is 0.308. The van der Waals surface area contributed by atoms with E-state index in [1.54, 1.807) is 30.3 Å². The summed E-state index contributed by atoms with van der Waals surface area (Å²) in [5.41, 5.74) is 3.22. The van der Waals surface area contributed by atoms with E-state index >= 15 is 0 Å². The highest BCUT2D eigenvalue weighted by Crippen LogP contribution is 2.28. The molecule has 0 saturated heterocycles. The number of carbonyl (C=O) groups is 2. The molecule has 0 unspecified atom stereocenters. The van der Waals surface area contributed by atoms with Crippen LogP contribution in [-0.4, -0.2) is 26.0 Å². The zero-order valence-electron chi connectivity index (χ0n) is 20.9. The Kier molecular flexibility index (Phi) is 8.05. The Morgan fingerprint density at radius 3 is 2.27 bits per heavy atom. The maximum atomic E-state index is 13.6. The minimum Gasteiger partial charge on any atom is -0.493 e. The van der Waals surface area contributed by atoms with Crippen LogP contribution in [0, 0.1) is 6.92 Å². The summed E-state index contributed by atoms with van der Waals surface area (Å²) in [6.45, 7) is 2.00. The summed E-state index contributed by atoms with van der Waals surface area (Å²) in [6.07, 6.45) is 2.99. The van der Waals surface area contributed by atoms with Crippen molar-refractivity contribution < 1.29 is 23.5 Å². The summed E-state index contributed by atoms with van der Waals surface area (Å²) in [5, 5.41) is 5.83. The molecule has 0 saturated carbocycles. The third kappa shape index (κ3) is 6.08. The number of hydrogen-bond acceptors (Lipinski definition) is 5. The standard InChI is InChI=1S/C30H28N2O5/c1-20-10-7-8-14-24(20)28(21-11-5-4-6-12-21)32-30(34)25(19-23-13-9-17-37-23)31-29(33)22-15-16-26(35-2)27(18-22)36-3/h4-19,28H,1-3H3,(H,31,33)(H,32,34)/b25-19-/t28-/m1/s1. The highest BCUT2D eigenvalue weighted by atomic mass is 16.5. The molecular weight excluding hydrogens is 468 g/mol. The number of aryl methyl sites for hydroxylation is 1. The van der Waals surface area contributed by atoms with Crippen molar-refractivity contribution in [3.05, 3.63) is 125 Å². The van der Waals surface area contributed by atoms with Crippen molar-refractivity contribution in [1.29, 1.82) is 0 Å². The van der Waals surface area contributed by atoms with Gasteiger partial charge in [-0.3, -0.25) is 9.59 Å². The van der Waals surface area contributed by atoms with Crippen molar-refractivity contribution in [3.63, 3.8) is 0 Å². The Morgan fingerprint density at radius 1 is 0.865 bits per heavy atom. The van der Waals surface area contributed by atoms with E-state index in [1.165, 1.54) is 26.6 Å². The van der Waals surface area contributed by atoms with Crippen LogP contribution in [0.3, 0.4) is 0 Å². The lowest BCUT2D eigenvalue weighted by Crippen LogP contribution is -2.37. The van der Waals surface area contributed by atoms with Crippen LogP contribution in [0.5, 0.6) is 11.5 Å². The summed E-state index contributed by atoms with van der Waals surface area (Å²) in [6, 6.07) is 25.3. The molecule has 0 radical (unpaired) electrons. The SMILES string of the molecule is COc1ccc(C(=O)N/C(=C\c2ccco2)C(=O)N[C@H](c2ccccc2)c2ccccc2C)cc1OC. The molecule has 0 spiro atoms. The van der Waals surface area contributed by atoms with Crippen LogP contribution in [0.2, 0.25) is 0 Å². The fraction of sp³-hybridized carbons (Fsp3) is 0.133. The summed E-state index contributed by atoms with van der Waals surface area (Å²) < 4.78 is 16.0. The lowest BCUT2D eigenvalue weighted by molar-refractivity contribution is -0.118. The van der Waals surface area contributed by atoms with Crippen molar-refractivity contribution in [2.45, 2.75) is 13.0 Å². The first kappa shape index (κ1) is 25.3. The van der Waals surface area contributed by atoms with Gasteiger partial charge < -0.3 is 24.5 Å². The second-order valence-electron chi connectivity index (χ2n) is 8.27. The molecule has 0 aliphatic carbocycles. The average Bonchev–Trinajstić information content (AvgIpc) is 3.45. The molecule has 2 amide bonds. The van der Waals surface area contributed by atoms with Crippen LogP contribution < -0.4 is 20.1 Å². The molecule has 188 valence electrons. The zero-order valence-corrected chi connectivity index (χ0v) is 20.9. The van der Waals surface area contributed by atoms with Crippen molar-refractivity contribution >= 4 is 17.9 Å². The third-order valence-corrected chi connectivity index (χ3v) is 5.88. The van der Waals surface area contributed by atoms with Crippen LogP contribution in [0.4, 0.5) is 0 Å². The van der Waals surface area contributed by atoms with E-state index in [0.717, 1.165) is 16.7 Å². The molecule has 3 aromatic carbocycles. The predicted octanol–water partition coefficient (Wildman–Crippen LogP) is 5.28.